The van der Waals surface area contributed by atoms with E-state index in [1.165, 1.54) is 12.1 Å². The smallest absolute Gasteiger partial charge is 0.123 e. The van der Waals surface area contributed by atoms with E-state index < -0.39 is 6.10 Å². The van der Waals surface area contributed by atoms with E-state index >= 15 is 0 Å². The number of fused-ring (bicyclic) bond motifs is 1. The monoisotopic (exact) mass is 252 g/mol. The van der Waals surface area contributed by atoms with Gasteiger partial charge in [0.15, 0.2) is 0 Å². The third-order valence-electron chi connectivity index (χ3n) is 3.15. The van der Waals surface area contributed by atoms with Crippen LogP contribution in [-0.4, -0.2) is 5.11 Å². The number of benzene rings is 1. The number of aliphatic hydroxyl groups excluding tert-OH is 1. The highest BCUT2D eigenvalue weighted by atomic mass is 32.1. The molecule has 2 unspecified atom stereocenters. The van der Waals surface area contributed by atoms with Crippen molar-refractivity contribution in [1.29, 1.82) is 0 Å². The molecular formula is C14H17FOS. The summed E-state index contributed by atoms with van der Waals surface area (Å²) < 4.78 is 14.1. The molecule has 0 bridgehead atoms. The molecule has 92 valence electrons. The highest BCUT2D eigenvalue weighted by molar-refractivity contribution is 7.19. The zero-order chi connectivity index (χ0) is 12.4. The van der Waals surface area contributed by atoms with E-state index in [1.807, 2.05) is 6.07 Å². The van der Waals surface area contributed by atoms with E-state index in [4.69, 9.17) is 0 Å². The minimum absolute atomic E-state index is 0.224. The lowest BCUT2D eigenvalue weighted by Gasteiger charge is -2.12. The van der Waals surface area contributed by atoms with Crippen LogP contribution in [-0.2, 0) is 0 Å². The van der Waals surface area contributed by atoms with Crippen LogP contribution < -0.4 is 0 Å². The van der Waals surface area contributed by atoms with Gasteiger partial charge in [-0.1, -0.05) is 20.3 Å². The van der Waals surface area contributed by atoms with Gasteiger partial charge in [-0.2, -0.15) is 0 Å². The van der Waals surface area contributed by atoms with Crippen LogP contribution in [0.3, 0.4) is 0 Å². The van der Waals surface area contributed by atoms with Crippen LogP contribution in [0.4, 0.5) is 4.39 Å². The summed E-state index contributed by atoms with van der Waals surface area (Å²) in [5, 5.41) is 11.0. The van der Waals surface area contributed by atoms with Gasteiger partial charge in [0.25, 0.3) is 0 Å². The lowest BCUT2D eigenvalue weighted by Crippen LogP contribution is -2.01. The predicted molar refractivity (Wildman–Crippen MR) is 70.8 cm³/mol. The van der Waals surface area contributed by atoms with Crippen molar-refractivity contribution in [2.24, 2.45) is 5.92 Å². The topological polar surface area (TPSA) is 20.2 Å². The van der Waals surface area contributed by atoms with E-state index in [9.17, 15) is 9.50 Å². The Morgan fingerprint density at radius 2 is 2.12 bits per heavy atom. The summed E-state index contributed by atoms with van der Waals surface area (Å²) in [7, 11) is 0. The Morgan fingerprint density at radius 3 is 2.82 bits per heavy atom. The summed E-state index contributed by atoms with van der Waals surface area (Å²) in [5.74, 6) is 0.283. The van der Waals surface area contributed by atoms with Crippen LogP contribution in [0.25, 0.3) is 10.1 Å². The maximum atomic E-state index is 13.1. The summed E-state index contributed by atoms with van der Waals surface area (Å²) in [4.78, 5) is 0.936. The molecule has 2 aromatic rings. The zero-order valence-electron chi connectivity index (χ0n) is 10.1. The molecule has 1 aromatic heterocycles. The van der Waals surface area contributed by atoms with Crippen molar-refractivity contribution in [2.45, 2.75) is 32.8 Å². The number of thiophene rings is 1. The fraction of sp³-hybridized carbons (Fsp3) is 0.429. The summed E-state index contributed by atoms with van der Waals surface area (Å²) in [6, 6.07) is 6.65. The van der Waals surface area contributed by atoms with E-state index in [0.717, 1.165) is 27.8 Å². The Hall–Kier alpha value is -0.930. The van der Waals surface area contributed by atoms with Crippen molar-refractivity contribution in [2.75, 3.05) is 0 Å². The summed E-state index contributed by atoms with van der Waals surface area (Å²) in [6.07, 6.45) is 1.41. The van der Waals surface area contributed by atoms with Crippen molar-refractivity contribution in [3.63, 3.8) is 0 Å². The van der Waals surface area contributed by atoms with Crippen LogP contribution in [0.5, 0.6) is 0 Å². The van der Waals surface area contributed by atoms with Crippen molar-refractivity contribution in [3.8, 4) is 0 Å². The first kappa shape index (κ1) is 12.5. The first-order valence-electron chi connectivity index (χ1n) is 5.97. The second-order valence-electron chi connectivity index (χ2n) is 4.60. The fourth-order valence-electron chi connectivity index (χ4n) is 1.86. The molecule has 0 saturated heterocycles. The Balaban J connectivity index is 2.24. The maximum absolute atomic E-state index is 13.1. The highest BCUT2D eigenvalue weighted by Crippen LogP contribution is 2.33. The van der Waals surface area contributed by atoms with Crippen LogP contribution >= 0.6 is 11.3 Å². The molecule has 3 heteroatoms. The van der Waals surface area contributed by atoms with Crippen molar-refractivity contribution < 1.29 is 9.50 Å². The van der Waals surface area contributed by atoms with Crippen LogP contribution in [0.1, 0.15) is 37.7 Å². The third kappa shape index (κ3) is 2.85. The van der Waals surface area contributed by atoms with Gasteiger partial charge in [-0.15, -0.1) is 11.3 Å². The Kier molecular flexibility index (Phi) is 3.79. The minimum Gasteiger partial charge on any atom is -0.388 e. The average molecular weight is 252 g/mol. The van der Waals surface area contributed by atoms with E-state index in [-0.39, 0.29) is 5.82 Å². The molecule has 1 heterocycles. The average Bonchev–Trinajstić information content (AvgIpc) is 2.71. The zero-order valence-corrected chi connectivity index (χ0v) is 10.9. The van der Waals surface area contributed by atoms with Gasteiger partial charge in [-0.25, -0.2) is 4.39 Å². The molecule has 0 aliphatic heterocycles. The van der Waals surface area contributed by atoms with Gasteiger partial charge in [0, 0.05) is 9.58 Å². The highest BCUT2D eigenvalue weighted by Gasteiger charge is 2.14. The van der Waals surface area contributed by atoms with Crippen molar-refractivity contribution in [1.82, 2.24) is 0 Å². The number of hydrogen-bond acceptors (Lipinski definition) is 2. The molecular weight excluding hydrogens is 235 g/mol. The van der Waals surface area contributed by atoms with Crippen LogP contribution in [0.15, 0.2) is 24.3 Å². The van der Waals surface area contributed by atoms with E-state index in [0.29, 0.717) is 5.92 Å². The molecule has 2 rings (SSSR count). The van der Waals surface area contributed by atoms with Crippen molar-refractivity contribution in [3.05, 3.63) is 35.0 Å². The van der Waals surface area contributed by atoms with Gasteiger partial charge in [0.05, 0.1) is 6.10 Å². The molecule has 0 amide bonds. The van der Waals surface area contributed by atoms with Gasteiger partial charge < -0.3 is 5.11 Å². The summed E-state index contributed by atoms with van der Waals surface area (Å²) >= 11 is 1.55. The number of halogens is 1. The van der Waals surface area contributed by atoms with Crippen LogP contribution in [0, 0.1) is 11.7 Å². The second kappa shape index (κ2) is 5.15. The SMILES string of the molecule is CCC(C)CC(O)c1cc2cc(F)ccc2s1. The molecule has 1 aromatic carbocycles. The number of hydrogen-bond donors (Lipinski definition) is 1. The van der Waals surface area contributed by atoms with Gasteiger partial charge in [0.1, 0.15) is 5.82 Å². The van der Waals surface area contributed by atoms with Crippen molar-refractivity contribution >= 4 is 21.4 Å². The van der Waals surface area contributed by atoms with E-state index in [2.05, 4.69) is 13.8 Å². The Morgan fingerprint density at radius 1 is 1.35 bits per heavy atom. The normalized spacial score (nSPS) is 15.1. The Bertz CT molecular complexity index is 506. The second-order valence-corrected chi connectivity index (χ2v) is 5.71. The van der Waals surface area contributed by atoms with Gasteiger partial charge in [0.2, 0.25) is 0 Å². The van der Waals surface area contributed by atoms with E-state index in [1.54, 1.807) is 17.4 Å². The number of aliphatic hydroxyl groups is 1. The maximum Gasteiger partial charge on any atom is 0.123 e. The molecule has 1 N–H and O–H groups in total. The molecule has 17 heavy (non-hydrogen) atoms. The predicted octanol–water partition coefficient (Wildman–Crippen LogP) is 4.51. The largest absolute Gasteiger partial charge is 0.388 e. The van der Waals surface area contributed by atoms with Gasteiger partial charge in [-0.05, 0) is 42.0 Å². The molecule has 0 spiro atoms. The fourth-order valence-corrected chi connectivity index (χ4v) is 2.91. The molecule has 0 saturated carbocycles. The quantitative estimate of drug-likeness (QED) is 0.848. The molecule has 0 aliphatic carbocycles. The lowest BCUT2D eigenvalue weighted by atomic mass is 10.0. The van der Waals surface area contributed by atoms with Gasteiger partial charge in [-0.3, -0.25) is 0 Å². The minimum atomic E-state index is -0.426. The van der Waals surface area contributed by atoms with Crippen LogP contribution in [0.2, 0.25) is 0 Å². The third-order valence-corrected chi connectivity index (χ3v) is 4.37. The van der Waals surface area contributed by atoms with Gasteiger partial charge >= 0.3 is 0 Å². The first-order valence-corrected chi connectivity index (χ1v) is 6.79. The summed E-state index contributed by atoms with van der Waals surface area (Å²) in [6.45, 7) is 4.26. The standard InChI is InChI=1S/C14H17FOS/c1-3-9(2)6-12(16)14-8-10-7-11(15)4-5-13(10)17-14/h4-5,7-9,12,16H,3,6H2,1-2H3. The Labute approximate surface area is 105 Å². The molecule has 0 radical (unpaired) electrons. The first-order chi connectivity index (χ1) is 8.10. The summed E-state index contributed by atoms with van der Waals surface area (Å²) in [5.41, 5.74) is 0. The molecule has 2 atom stereocenters. The molecule has 1 nitrogen and oxygen atoms in total. The lowest BCUT2D eigenvalue weighted by molar-refractivity contribution is 0.150. The molecule has 0 fully saturated rings. The number of rotatable bonds is 4. The molecule has 0 aliphatic rings.